The SMILES string of the molecule is CN1CCSC1[C@@H]1O[C@H](COCc2ccccc2)[C@@H](OCc2ccccc2)[C@H](OCc2ccccc2)[C@@H]1OCc1ccccc1. The van der Waals surface area contributed by atoms with E-state index >= 15 is 0 Å². The number of rotatable bonds is 14. The second-order valence-corrected chi connectivity index (χ2v) is 12.9. The topological polar surface area (TPSA) is 49.4 Å². The molecule has 236 valence electrons. The monoisotopic (exact) mass is 625 g/mol. The van der Waals surface area contributed by atoms with Gasteiger partial charge >= 0.3 is 0 Å². The molecule has 0 bridgehead atoms. The largest absolute Gasteiger partial charge is 0.374 e. The Labute approximate surface area is 271 Å². The second kappa shape index (κ2) is 16.5. The van der Waals surface area contributed by atoms with E-state index in [1.54, 1.807) is 0 Å². The van der Waals surface area contributed by atoms with Gasteiger partial charge in [-0.2, -0.15) is 0 Å². The van der Waals surface area contributed by atoms with Crippen LogP contribution in [0, 0.1) is 0 Å². The molecule has 7 heteroatoms. The molecule has 6 rings (SSSR count). The van der Waals surface area contributed by atoms with Crippen LogP contribution >= 0.6 is 11.8 Å². The van der Waals surface area contributed by atoms with Crippen LogP contribution in [0.3, 0.4) is 0 Å². The number of hydrogen-bond acceptors (Lipinski definition) is 7. The minimum absolute atomic E-state index is 0.125. The summed E-state index contributed by atoms with van der Waals surface area (Å²) in [7, 11) is 2.17. The van der Waals surface area contributed by atoms with E-state index in [1.165, 1.54) is 0 Å². The first-order valence-corrected chi connectivity index (χ1v) is 16.8. The predicted molar refractivity (Wildman–Crippen MR) is 179 cm³/mol. The highest BCUT2D eigenvalue weighted by Gasteiger charge is 2.52. The molecule has 0 aromatic heterocycles. The maximum absolute atomic E-state index is 7.05. The van der Waals surface area contributed by atoms with Gasteiger partial charge in [-0.05, 0) is 29.3 Å². The minimum atomic E-state index is -0.418. The minimum Gasteiger partial charge on any atom is -0.374 e. The van der Waals surface area contributed by atoms with Crippen molar-refractivity contribution in [3.8, 4) is 0 Å². The van der Waals surface area contributed by atoms with Gasteiger partial charge in [0.2, 0.25) is 0 Å². The number of ether oxygens (including phenoxy) is 5. The van der Waals surface area contributed by atoms with Crippen molar-refractivity contribution in [3.63, 3.8) is 0 Å². The van der Waals surface area contributed by atoms with E-state index in [1.807, 2.05) is 84.6 Å². The van der Waals surface area contributed by atoms with Gasteiger partial charge in [-0.15, -0.1) is 11.8 Å². The fourth-order valence-electron chi connectivity index (χ4n) is 5.97. The third-order valence-corrected chi connectivity index (χ3v) is 9.76. The molecular weight excluding hydrogens is 582 g/mol. The lowest BCUT2D eigenvalue weighted by molar-refractivity contribution is -0.276. The van der Waals surface area contributed by atoms with Gasteiger partial charge < -0.3 is 23.7 Å². The quantitative estimate of drug-likeness (QED) is 0.154. The molecule has 45 heavy (non-hydrogen) atoms. The van der Waals surface area contributed by atoms with Crippen molar-refractivity contribution in [3.05, 3.63) is 144 Å². The summed E-state index contributed by atoms with van der Waals surface area (Å²) in [6, 6.07) is 41.1. The highest BCUT2D eigenvalue weighted by atomic mass is 32.2. The maximum atomic E-state index is 7.05. The van der Waals surface area contributed by atoms with E-state index in [4.69, 9.17) is 23.7 Å². The third-order valence-electron chi connectivity index (χ3n) is 8.37. The molecular formula is C38H43NO5S. The molecule has 2 saturated heterocycles. The first-order chi connectivity index (χ1) is 22.2. The van der Waals surface area contributed by atoms with E-state index < -0.39 is 12.2 Å². The summed E-state index contributed by atoms with van der Waals surface area (Å²) in [6.07, 6.45) is -1.77. The van der Waals surface area contributed by atoms with Gasteiger partial charge in [0, 0.05) is 12.3 Å². The molecule has 2 aliphatic heterocycles. The van der Waals surface area contributed by atoms with Crippen molar-refractivity contribution in [2.75, 3.05) is 26.0 Å². The van der Waals surface area contributed by atoms with Crippen LogP contribution in [0.1, 0.15) is 22.3 Å². The number of nitrogens with zero attached hydrogens (tertiary/aromatic N) is 1. The van der Waals surface area contributed by atoms with Gasteiger partial charge in [-0.25, -0.2) is 0 Å². The highest BCUT2D eigenvalue weighted by molar-refractivity contribution is 8.00. The van der Waals surface area contributed by atoms with Crippen LogP contribution in [-0.2, 0) is 50.1 Å². The molecule has 6 atom stereocenters. The van der Waals surface area contributed by atoms with Gasteiger partial charge in [0.15, 0.2) is 0 Å². The maximum Gasteiger partial charge on any atom is 0.115 e. The zero-order chi connectivity index (χ0) is 30.7. The van der Waals surface area contributed by atoms with Gasteiger partial charge in [-0.1, -0.05) is 121 Å². The van der Waals surface area contributed by atoms with E-state index in [2.05, 4.69) is 60.5 Å². The highest BCUT2D eigenvalue weighted by Crippen LogP contribution is 2.38. The van der Waals surface area contributed by atoms with Crippen molar-refractivity contribution in [1.29, 1.82) is 0 Å². The summed E-state index contributed by atoms with van der Waals surface area (Å²) in [5.41, 5.74) is 4.44. The Bertz CT molecular complexity index is 1400. The van der Waals surface area contributed by atoms with Crippen molar-refractivity contribution in [2.24, 2.45) is 0 Å². The lowest BCUT2D eigenvalue weighted by Crippen LogP contribution is -2.64. The molecule has 4 aromatic rings. The second-order valence-electron chi connectivity index (χ2n) is 11.7. The van der Waals surface area contributed by atoms with Crippen LogP contribution in [-0.4, -0.2) is 66.7 Å². The smallest absolute Gasteiger partial charge is 0.115 e. The summed E-state index contributed by atoms with van der Waals surface area (Å²) in [5, 5.41) is 0.125. The molecule has 0 aliphatic carbocycles. The fraction of sp³-hybridized carbons (Fsp3) is 0.368. The molecule has 1 unspecified atom stereocenters. The molecule has 6 nitrogen and oxygen atoms in total. The molecule has 0 amide bonds. The molecule has 2 heterocycles. The number of thioether (sulfide) groups is 1. The summed E-state index contributed by atoms with van der Waals surface area (Å²) in [5.74, 6) is 1.05. The molecule has 0 spiro atoms. The van der Waals surface area contributed by atoms with E-state index in [-0.39, 0.29) is 23.7 Å². The number of benzene rings is 4. The average Bonchev–Trinajstić information content (AvgIpc) is 3.53. The Morgan fingerprint density at radius 1 is 0.600 bits per heavy atom. The van der Waals surface area contributed by atoms with Gasteiger partial charge in [0.25, 0.3) is 0 Å². The first-order valence-electron chi connectivity index (χ1n) is 15.8. The Morgan fingerprint density at radius 3 is 1.51 bits per heavy atom. The lowest BCUT2D eigenvalue weighted by atomic mass is 9.93. The Morgan fingerprint density at radius 2 is 1.04 bits per heavy atom. The Balaban J connectivity index is 1.31. The van der Waals surface area contributed by atoms with Crippen LogP contribution in [0.2, 0.25) is 0 Å². The van der Waals surface area contributed by atoms with E-state index in [0.717, 1.165) is 34.6 Å². The summed E-state index contributed by atoms with van der Waals surface area (Å²) in [6.45, 7) is 3.21. The normalized spacial score (nSPS) is 25.4. The third kappa shape index (κ3) is 8.83. The molecule has 0 N–H and O–H groups in total. The lowest BCUT2D eigenvalue weighted by Gasteiger charge is -2.48. The van der Waals surface area contributed by atoms with Crippen LogP contribution < -0.4 is 0 Å². The molecule has 0 radical (unpaired) electrons. The summed E-state index contributed by atoms with van der Waals surface area (Å²) in [4.78, 5) is 2.37. The van der Waals surface area contributed by atoms with E-state index in [9.17, 15) is 0 Å². The molecule has 0 saturated carbocycles. The first kappa shape index (κ1) is 32.0. The summed E-state index contributed by atoms with van der Waals surface area (Å²) < 4.78 is 33.9. The zero-order valence-electron chi connectivity index (χ0n) is 25.9. The van der Waals surface area contributed by atoms with Crippen molar-refractivity contribution < 1.29 is 23.7 Å². The Kier molecular flexibility index (Phi) is 11.7. The van der Waals surface area contributed by atoms with E-state index in [0.29, 0.717) is 33.0 Å². The van der Waals surface area contributed by atoms with Crippen molar-refractivity contribution >= 4 is 11.8 Å². The van der Waals surface area contributed by atoms with Crippen molar-refractivity contribution in [2.45, 2.75) is 62.3 Å². The van der Waals surface area contributed by atoms with Crippen LogP contribution in [0.15, 0.2) is 121 Å². The van der Waals surface area contributed by atoms with Gasteiger partial charge in [0.1, 0.15) is 30.5 Å². The van der Waals surface area contributed by atoms with Gasteiger partial charge in [-0.3, -0.25) is 4.90 Å². The predicted octanol–water partition coefficient (Wildman–Crippen LogP) is 6.73. The molecule has 2 aliphatic rings. The standard InChI is InChI=1S/C38H43NO5S/c1-39-22-23-45-38(39)37-36(43-27-32-20-12-5-13-21-32)35(42-26-31-18-10-4-11-19-31)34(41-25-30-16-8-3-9-17-30)33(44-37)28-40-24-29-14-6-2-7-15-29/h2-21,33-38H,22-28H2,1H3/t33-,34-,35+,36+,37-,38?/m1/s1. The van der Waals surface area contributed by atoms with Gasteiger partial charge in [0.05, 0.1) is 38.4 Å². The molecule has 4 aromatic carbocycles. The Hall–Kier alpha value is -3.01. The average molecular weight is 626 g/mol. The van der Waals surface area contributed by atoms with Crippen LogP contribution in [0.25, 0.3) is 0 Å². The number of likely N-dealkylation sites (N-methyl/N-ethyl adjacent to an activating group) is 1. The van der Waals surface area contributed by atoms with Crippen molar-refractivity contribution in [1.82, 2.24) is 4.90 Å². The van der Waals surface area contributed by atoms with Crippen LogP contribution in [0.4, 0.5) is 0 Å². The van der Waals surface area contributed by atoms with Crippen LogP contribution in [0.5, 0.6) is 0 Å². The summed E-state index contributed by atoms with van der Waals surface area (Å²) >= 11 is 1.92. The molecule has 2 fully saturated rings. The number of hydrogen-bond donors (Lipinski definition) is 0. The fourth-order valence-corrected chi connectivity index (χ4v) is 7.38. The zero-order valence-corrected chi connectivity index (χ0v) is 26.7.